The Morgan fingerprint density at radius 3 is 1.88 bits per heavy atom. The number of halogens is 1. The Bertz CT molecular complexity index is 255. The molecule has 0 aromatic heterocycles. The summed E-state index contributed by atoms with van der Waals surface area (Å²) in [5.41, 5.74) is 1.45. The van der Waals surface area contributed by atoms with Crippen LogP contribution in [0.25, 0.3) is 0 Å². The second-order valence-corrected chi connectivity index (χ2v) is 5.05. The molecule has 0 aliphatic heterocycles. The summed E-state index contributed by atoms with van der Waals surface area (Å²) in [7, 11) is 0. The van der Waals surface area contributed by atoms with Crippen molar-refractivity contribution in [3.63, 3.8) is 0 Å². The molecule has 0 bridgehead atoms. The van der Waals surface area contributed by atoms with Crippen LogP contribution in [0.5, 0.6) is 0 Å². The third-order valence-corrected chi connectivity index (χ3v) is 3.40. The number of hydrogen-bond donors (Lipinski definition) is 0. The molecular weight excluding hydrogens is 228 g/mol. The van der Waals surface area contributed by atoms with Gasteiger partial charge in [-0.3, -0.25) is 0 Å². The van der Waals surface area contributed by atoms with Crippen LogP contribution in [0.15, 0.2) is 24.3 Å². The van der Waals surface area contributed by atoms with Crippen LogP contribution in [0.4, 0.5) is 0 Å². The highest BCUT2D eigenvalue weighted by Crippen LogP contribution is 2.11. The summed E-state index contributed by atoms with van der Waals surface area (Å²) in [5, 5.41) is 0. The molecule has 0 unspecified atom stereocenters. The van der Waals surface area contributed by atoms with Gasteiger partial charge >= 0.3 is 0 Å². The molecule has 1 aromatic rings. The van der Waals surface area contributed by atoms with Gasteiger partial charge in [0.05, 0.1) is 0 Å². The van der Waals surface area contributed by atoms with Crippen molar-refractivity contribution in [2.45, 2.75) is 57.8 Å². The van der Waals surface area contributed by atoms with E-state index in [9.17, 15) is 0 Å². The molecule has 0 spiro atoms. The topological polar surface area (TPSA) is 0 Å². The average Bonchev–Trinajstić information content (AvgIpc) is 2.38. The molecule has 0 amide bonds. The smallest absolute Gasteiger partial charge is 0.0223 e. The first-order valence-electron chi connectivity index (χ1n) is 6.94. The predicted molar refractivity (Wildman–Crippen MR) is 76.6 cm³/mol. The van der Waals surface area contributed by atoms with E-state index >= 15 is 0 Å². The van der Waals surface area contributed by atoms with Gasteiger partial charge in [-0.1, -0.05) is 62.8 Å². The van der Waals surface area contributed by atoms with Crippen LogP contribution in [0.3, 0.4) is 0 Å². The normalized spacial score (nSPS) is 10.6. The summed E-state index contributed by atoms with van der Waals surface area (Å²) in [5.74, 6) is 0.828. The van der Waals surface area contributed by atoms with Gasteiger partial charge in [0, 0.05) is 5.88 Å². The number of benzene rings is 1. The fourth-order valence-electron chi connectivity index (χ4n) is 2.07. The van der Waals surface area contributed by atoms with E-state index in [1.54, 1.807) is 0 Å². The van der Waals surface area contributed by atoms with E-state index in [1.807, 2.05) is 12.1 Å². The molecule has 0 heterocycles. The van der Waals surface area contributed by atoms with E-state index in [4.69, 9.17) is 11.6 Å². The van der Waals surface area contributed by atoms with Crippen molar-refractivity contribution in [1.29, 1.82) is 0 Å². The summed E-state index contributed by atoms with van der Waals surface area (Å²) < 4.78 is 0. The Morgan fingerprint density at radius 1 is 0.765 bits per heavy atom. The van der Waals surface area contributed by atoms with Gasteiger partial charge in [0.2, 0.25) is 0 Å². The van der Waals surface area contributed by atoms with E-state index in [1.165, 1.54) is 63.4 Å². The molecule has 1 radical (unpaired) electrons. The van der Waals surface area contributed by atoms with Crippen molar-refractivity contribution in [3.05, 3.63) is 35.9 Å². The lowest BCUT2D eigenvalue weighted by molar-refractivity contribution is 0.576. The van der Waals surface area contributed by atoms with Crippen molar-refractivity contribution < 1.29 is 0 Å². The van der Waals surface area contributed by atoms with Crippen molar-refractivity contribution in [2.75, 3.05) is 5.88 Å². The molecule has 0 saturated heterocycles. The minimum absolute atomic E-state index is 0.828. The van der Waals surface area contributed by atoms with Gasteiger partial charge in [-0.2, -0.15) is 0 Å². The number of alkyl halides is 1. The highest BCUT2D eigenvalue weighted by molar-refractivity contribution is 6.17. The van der Waals surface area contributed by atoms with Gasteiger partial charge in [0.1, 0.15) is 0 Å². The number of hydrogen-bond acceptors (Lipinski definition) is 0. The van der Waals surface area contributed by atoms with E-state index in [2.05, 4.69) is 18.2 Å². The summed E-state index contributed by atoms with van der Waals surface area (Å²) in [6.07, 6.45) is 11.9. The van der Waals surface area contributed by atoms with Gasteiger partial charge < -0.3 is 0 Å². The number of rotatable bonds is 10. The largest absolute Gasteiger partial charge is 0.127 e. The zero-order chi connectivity index (χ0) is 12.2. The van der Waals surface area contributed by atoms with Gasteiger partial charge in [-0.15, -0.1) is 11.6 Å². The Hall–Kier alpha value is -0.490. The summed E-state index contributed by atoms with van der Waals surface area (Å²) in [6.45, 7) is 0. The first kappa shape index (κ1) is 14.6. The van der Waals surface area contributed by atoms with Crippen molar-refractivity contribution in [2.24, 2.45) is 0 Å². The molecule has 0 aliphatic rings. The molecule has 17 heavy (non-hydrogen) atoms. The van der Waals surface area contributed by atoms with Gasteiger partial charge in [0.25, 0.3) is 0 Å². The van der Waals surface area contributed by atoms with Crippen LogP contribution in [-0.2, 0) is 6.42 Å². The summed E-state index contributed by atoms with van der Waals surface area (Å²) in [4.78, 5) is 0. The fourth-order valence-corrected chi connectivity index (χ4v) is 2.26. The van der Waals surface area contributed by atoms with E-state index < -0.39 is 0 Å². The zero-order valence-electron chi connectivity index (χ0n) is 10.8. The van der Waals surface area contributed by atoms with Gasteiger partial charge in [0.15, 0.2) is 0 Å². The highest BCUT2D eigenvalue weighted by atomic mass is 35.5. The Balaban J connectivity index is 1.85. The molecule has 0 aliphatic carbocycles. The predicted octanol–water partition coefficient (Wildman–Crippen LogP) is 5.39. The van der Waals surface area contributed by atoms with Crippen LogP contribution >= 0.6 is 11.6 Å². The monoisotopic (exact) mass is 251 g/mol. The Labute approximate surface area is 111 Å². The second-order valence-electron chi connectivity index (χ2n) is 4.68. The molecule has 0 fully saturated rings. The second kappa shape index (κ2) is 10.7. The maximum absolute atomic E-state index is 5.64. The number of aryl methyl sites for hydroxylation is 1. The quantitative estimate of drug-likeness (QED) is 0.386. The van der Waals surface area contributed by atoms with Crippen LogP contribution in [0, 0.1) is 6.07 Å². The van der Waals surface area contributed by atoms with Crippen LogP contribution in [0.1, 0.15) is 56.9 Å². The lowest BCUT2D eigenvalue weighted by Gasteiger charge is -2.02. The Kier molecular flexibility index (Phi) is 9.13. The maximum Gasteiger partial charge on any atom is 0.0223 e. The van der Waals surface area contributed by atoms with Crippen molar-refractivity contribution in [3.8, 4) is 0 Å². The molecule has 1 heteroatoms. The molecule has 0 nitrogen and oxygen atoms in total. The minimum atomic E-state index is 0.828. The van der Waals surface area contributed by atoms with E-state index in [-0.39, 0.29) is 0 Å². The maximum atomic E-state index is 5.64. The molecule has 0 saturated carbocycles. The standard InChI is InChI=1S/C16H24Cl/c17-15-11-6-4-2-1-3-5-8-12-16-13-9-7-10-14-16/h9-10,13-14H,1-6,8,11-12,15H2. The first-order valence-corrected chi connectivity index (χ1v) is 7.48. The SMILES string of the molecule is ClCCCCCCCCCCc1cc[c]cc1. The lowest BCUT2D eigenvalue weighted by Crippen LogP contribution is -1.86. The minimum Gasteiger partial charge on any atom is -0.127 e. The fraction of sp³-hybridized carbons (Fsp3) is 0.625. The molecular formula is C16H24Cl. The Morgan fingerprint density at radius 2 is 1.29 bits per heavy atom. The van der Waals surface area contributed by atoms with Crippen LogP contribution in [-0.4, -0.2) is 5.88 Å². The lowest BCUT2D eigenvalue weighted by atomic mass is 10.0. The third kappa shape index (κ3) is 8.26. The third-order valence-electron chi connectivity index (χ3n) is 3.14. The van der Waals surface area contributed by atoms with E-state index in [0.717, 1.165) is 5.88 Å². The van der Waals surface area contributed by atoms with E-state index in [0.29, 0.717) is 0 Å². The van der Waals surface area contributed by atoms with Gasteiger partial charge in [-0.25, -0.2) is 0 Å². The molecule has 1 aromatic carbocycles. The average molecular weight is 252 g/mol. The summed E-state index contributed by atoms with van der Waals surface area (Å²) >= 11 is 5.64. The van der Waals surface area contributed by atoms with Crippen molar-refractivity contribution >= 4 is 11.6 Å². The molecule has 95 valence electrons. The van der Waals surface area contributed by atoms with Gasteiger partial charge in [-0.05, 0) is 30.9 Å². The summed E-state index contributed by atoms with van der Waals surface area (Å²) in [6, 6.07) is 11.4. The highest BCUT2D eigenvalue weighted by Gasteiger charge is 1.94. The molecule has 1 rings (SSSR count). The zero-order valence-corrected chi connectivity index (χ0v) is 11.5. The van der Waals surface area contributed by atoms with Crippen LogP contribution < -0.4 is 0 Å². The molecule has 0 N–H and O–H groups in total. The number of unbranched alkanes of at least 4 members (excludes halogenated alkanes) is 7. The molecule has 0 atom stereocenters. The van der Waals surface area contributed by atoms with Crippen LogP contribution in [0.2, 0.25) is 0 Å². The first-order chi connectivity index (χ1) is 8.43. The van der Waals surface area contributed by atoms with Crippen molar-refractivity contribution in [1.82, 2.24) is 0 Å².